The van der Waals surface area contributed by atoms with Crippen molar-refractivity contribution in [3.8, 4) is 11.6 Å². The van der Waals surface area contributed by atoms with E-state index in [1.165, 1.54) is 40.0 Å². The third kappa shape index (κ3) is 8.24. The molecule has 0 aromatic carbocycles. The molecular formula is C33H43N8O7P. The van der Waals surface area contributed by atoms with Gasteiger partial charge < -0.3 is 19.9 Å². The van der Waals surface area contributed by atoms with Gasteiger partial charge in [0.1, 0.15) is 30.1 Å². The van der Waals surface area contributed by atoms with Crippen molar-refractivity contribution in [2.24, 2.45) is 5.73 Å². The third-order valence-electron chi connectivity index (χ3n) is 7.42. The minimum Gasteiger partial charge on any atom is -0.494 e. The Kier molecular flexibility index (Phi) is 10.1. The minimum atomic E-state index is -4.19. The molecule has 0 spiro atoms. The highest BCUT2D eigenvalue weighted by Crippen LogP contribution is 2.56. The third-order valence-corrected chi connectivity index (χ3v) is 9.40. The van der Waals surface area contributed by atoms with Gasteiger partial charge in [0.25, 0.3) is 11.7 Å². The van der Waals surface area contributed by atoms with E-state index in [0.29, 0.717) is 54.0 Å². The SMILES string of the molecule is COc1cnc(-n2cnc(C)n2)c2c1c(C(=O)C(=O)N1CCC(=C(N)c3ccccn3)CC1)cn2COP(=O)(OC(C)(C)C)OC(C)(C)C. The Hall–Kier alpha value is -4.43. The molecule has 0 atom stereocenters. The van der Waals surface area contributed by atoms with Gasteiger partial charge in [-0.25, -0.2) is 19.2 Å². The maximum atomic E-state index is 14.1. The zero-order chi connectivity index (χ0) is 35.7. The topological polar surface area (TPSA) is 179 Å². The number of carbonyl (C=O) groups excluding carboxylic acids is 2. The Balaban J connectivity index is 1.53. The Morgan fingerprint density at radius 2 is 1.67 bits per heavy atom. The van der Waals surface area contributed by atoms with E-state index in [4.69, 9.17) is 24.0 Å². The highest BCUT2D eigenvalue weighted by atomic mass is 31.2. The van der Waals surface area contributed by atoms with Crippen molar-refractivity contribution < 1.29 is 32.5 Å². The van der Waals surface area contributed by atoms with Crippen LogP contribution in [0.15, 0.2) is 48.7 Å². The van der Waals surface area contributed by atoms with Gasteiger partial charge in [-0.3, -0.25) is 28.1 Å². The van der Waals surface area contributed by atoms with Crippen LogP contribution in [0.3, 0.4) is 0 Å². The van der Waals surface area contributed by atoms with E-state index in [2.05, 4.69) is 20.1 Å². The van der Waals surface area contributed by atoms with E-state index in [0.717, 1.165) is 5.57 Å². The van der Waals surface area contributed by atoms with Gasteiger partial charge in [-0.1, -0.05) is 6.07 Å². The van der Waals surface area contributed by atoms with Gasteiger partial charge in [0.05, 0.1) is 46.8 Å². The van der Waals surface area contributed by atoms with Gasteiger partial charge in [0, 0.05) is 25.5 Å². The fourth-order valence-corrected chi connectivity index (χ4v) is 7.17. The maximum absolute atomic E-state index is 14.1. The fourth-order valence-electron chi connectivity index (χ4n) is 5.42. The number of Topliss-reactive ketones (excluding diaryl/α,β-unsaturated/α-hetero) is 1. The van der Waals surface area contributed by atoms with E-state index < -0.39 is 37.4 Å². The summed E-state index contributed by atoms with van der Waals surface area (Å²) in [5.74, 6) is -0.468. The predicted octanol–water partition coefficient (Wildman–Crippen LogP) is 5.22. The number of piperidine rings is 1. The Labute approximate surface area is 285 Å². The minimum absolute atomic E-state index is 0.0404. The van der Waals surface area contributed by atoms with Crippen LogP contribution in [-0.2, 0) is 29.7 Å². The molecule has 1 amide bonds. The number of phosphoric ester groups is 1. The van der Waals surface area contributed by atoms with Crippen molar-refractivity contribution in [3.63, 3.8) is 0 Å². The average molecular weight is 695 g/mol. The van der Waals surface area contributed by atoms with Crippen LogP contribution in [-0.4, -0.2) is 77.3 Å². The molecule has 1 aliphatic heterocycles. The number of phosphoric acid groups is 1. The van der Waals surface area contributed by atoms with Gasteiger partial charge in [-0.2, -0.15) is 5.10 Å². The quantitative estimate of drug-likeness (QED) is 0.130. The van der Waals surface area contributed by atoms with Gasteiger partial charge in [-0.15, -0.1) is 0 Å². The molecule has 4 aromatic rings. The number of fused-ring (bicyclic) bond motifs is 1. The first-order valence-electron chi connectivity index (χ1n) is 15.8. The summed E-state index contributed by atoms with van der Waals surface area (Å²) in [6.45, 7) is 12.3. The number of aryl methyl sites for hydroxylation is 1. The summed E-state index contributed by atoms with van der Waals surface area (Å²) in [4.78, 5) is 42.5. The molecule has 1 aliphatic rings. The molecule has 0 radical (unpaired) electrons. The molecule has 0 bridgehead atoms. The summed E-state index contributed by atoms with van der Waals surface area (Å²) < 4.78 is 40.1. The predicted molar refractivity (Wildman–Crippen MR) is 182 cm³/mol. The van der Waals surface area contributed by atoms with Gasteiger partial charge in [0.2, 0.25) is 0 Å². The number of nitrogens with zero attached hydrogens (tertiary/aromatic N) is 7. The van der Waals surface area contributed by atoms with Crippen LogP contribution >= 0.6 is 7.82 Å². The van der Waals surface area contributed by atoms with Crippen molar-refractivity contribution in [3.05, 3.63) is 65.8 Å². The molecule has 15 nitrogen and oxygen atoms in total. The second kappa shape index (κ2) is 13.8. The standard InChI is InChI=1S/C33H43N8O7P/c1-21-37-19-41(38-21)30-28-26(25(45-8)17-36-30)23(18-40(28)20-46-49(44,47-32(2,3)4)48-33(5,6)7)29(42)31(43)39-15-12-22(13-16-39)27(34)24-11-9-10-14-35-24/h9-11,14,17-19H,12-13,15-16,20,34H2,1-8H3. The van der Waals surface area contributed by atoms with E-state index in [1.807, 2.05) is 18.2 Å². The summed E-state index contributed by atoms with van der Waals surface area (Å²) in [6, 6.07) is 5.52. The van der Waals surface area contributed by atoms with Crippen molar-refractivity contribution in [2.75, 3.05) is 20.2 Å². The van der Waals surface area contributed by atoms with Crippen molar-refractivity contribution in [2.45, 2.75) is 79.2 Å². The normalized spacial score (nSPS) is 14.4. The van der Waals surface area contributed by atoms with Crippen LogP contribution in [0.1, 0.15) is 76.3 Å². The molecule has 262 valence electrons. The second-order valence-electron chi connectivity index (χ2n) is 13.6. The maximum Gasteiger partial charge on any atom is 0.477 e. The molecule has 5 heterocycles. The molecule has 5 rings (SSSR count). The number of ether oxygens (including phenoxy) is 1. The smallest absolute Gasteiger partial charge is 0.477 e. The molecule has 1 fully saturated rings. The number of ketones is 1. The lowest BCUT2D eigenvalue weighted by Gasteiger charge is -2.31. The van der Waals surface area contributed by atoms with Gasteiger partial charge in [0.15, 0.2) is 5.82 Å². The lowest BCUT2D eigenvalue weighted by atomic mass is 9.99. The number of likely N-dealkylation sites (tertiary alicyclic amines) is 1. The van der Waals surface area contributed by atoms with Gasteiger partial charge in [-0.05, 0) is 79.0 Å². The van der Waals surface area contributed by atoms with Gasteiger partial charge >= 0.3 is 7.82 Å². The highest BCUT2D eigenvalue weighted by Gasteiger charge is 2.38. The van der Waals surface area contributed by atoms with Crippen LogP contribution in [0.5, 0.6) is 5.75 Å². The fraction of sp³-hybridized carbons (Fsp3) is 0.455. The summed E-state index contributed by atoms with van der Waals surface area (Å²) in [6.07, 6.45) is 7.04. The van der Waals surface area contributed by atoms with E-state index in [-0.39, 0.29) is 17.1 Å². The lowest BCUT2D eigenvalue weighted by Crippen LogP contribution is -2.41. The monoisotopic (exact) mass is 694 g/mol. The van der Waals surface area contributed by atoms with E-state index in [1.54, 1.807) is 54.7 Å². The summed E-state index contributed by atoms with van der Waals surface area (Å²) in [5.41, 5.74) is 7.22. The summed E-state index contributed by atoms with van der Waals surface area (Å²) in [7, 11) is -2.75. The average Bonchev–Trinajstić information content (AvgIpc) is 3.65. The first-order chi connectivity index (χ1) is 23.0. The van der Waals surface area contributed by atoms with Crippen LogP contribution in [0.2, 0.25) is 0 Å². The number of hydrogen-bond donors (Lipinski definition) is 1. The first-order valence-corrected chi connectivity index (χ1v) is 17.3. The molecule has 4 aromatic heterocycles. The second-order valence-corrected chi connectivity index (χ2v) is 15.1. The molecule has 2 N–H and O–H groups in total. The molecule has 49 heavy (non-hydrogen) atoms. The zero-order valence-electron chi connectivity index (χ0n) is 29.1. The van der Waals surface area contributed by atoms with Crippen LogP contribution < -0.4 is 10.5 Å². The lowest BCUT2D eigenvalue weighted by molar-refractivity contribution is -0.126. The number of pyridine rings is 2. The number of hydrogen-bond acceptors (Lipinski definition) is 12. The molecular weight excluding hydrogens is 651 g/mol. The van der Waals surface area contributed by atoms with Crippen LogP contribution in [0.25, 0.3) is 22.4 Å². The number of carbonyl (C=O) groups is 2. The molecule has 0 saturated carbocycles. The molecule has 0 unspecified atom stereocenters. The Morgan fingerprint density at radius 1 is 1.00 bits per heavy atom. The van der Waals surface area contributed by atoms with Crippen molar-refractivity contribution >= 4 is 36.1 Å². The largest absolute Gasteiger partial charge is 0.494 e. The van der Waals surface area contributed by atoms with E-state index in [9.17, 15) is 14.2 Å². The summed E-state index contributed by atoms with van der Waals surface area (Å²) >= 11 is 0. The molecule has 1 saturated heterocycles. The van der Waals surface area contributed by atoms with Crippen molar-refractivity contribution in [1.82, 2.24) is 34.2 Å². The molecule has 0 aliphatic carbocycles. The summed E-state index contributed by atoms with van der Waals surface area (Å²) in [5, 5.41) is 4.70. The number of rotatable bonds is 10. The van der Waals surface area contributed by atoms with E-state index >= 15 is 0 Å². The van der Waals surface area contributed by atoms with Crippen LogP contribution in [0, 0.1) is 6.92 Å². The number of amides is 1. The highest BCUT2D eigenvalue weighted by molar-refractivity contribution is 7.48. The molecule has 16 heteroatoms. The zero-order valence-corrected chi connectivity index (χ0v) is 30.0. The number of nitrogens with two attached hydrogens (primary N) is 1. The first kappa shape index (κ1) is 35.9. The number of aromatic nitrogens is 6. The number of methoxy groups -OCH3 is 1. The Morgan fingerprint density at radius 3 is 2.22 bits per heavy atom. The van der Waals surface area contributed by atoms with Crippen molar-refractivity contribution in [1.29, 1.82) is 0 Å². The van der Waals surface area contributed by atoms with Crippen LogP contribution in [0.4, 0.5) is 0 Å². The Bertz CT molecular complexity index is 1910.